The Labute approximate surface area is 106 Å². The molecule has 1 aliphatic heterocycles. The van der Waals surface area contributed by atoms with Gasteiger partial charge in [0.2, 0.25) is 0 Å². The molecule has 2 heterocycles. The summed E-state index contributed by atoms with van der Waals surface area (Å²) < 4.78 is 18.3. The summed E-state index contributed by atoms with van der Waals surface area (Å²) in [5.74, 6) is -2.11. The van der Waals surface area contributed by atoms with Crippen LogP contribution in [0.15, 0.2) is 22.8 Å². The summed E-state index contributed by atoms with van der Waals surface area (Å²) in [7, 11) is 0. The van der Waals surface area contributed by atoms with Gasteiger partial charge >= 0.3 is 0 Å². The number of aryl methyl sites for hydroxylation is 1. The maximum absolute atomic E-state index is 13.8. The highest BCUT2D eigenvalue weighted by Crippen LogP contribution is 2.32. The molecule has 96 valence electrons. The first kappa shape index (κ1) is 11.5. The molecule has 2 aromatic rings. The SMILES string of the molecule is Cc1nonc1CN1C(=O)C(=O)c2cccc(F)c21. The number of carbonyl (C=O) groups is 2. The summed E-state index contributed by atoms with van der Waals surface area (Å²) in [5, 5.41) is 7.21. The normalized spacial score (nSPS) is 14.1. The third-order valence-electron chi connectivity index (χ3n) is 3.00. The summed E-state index contributed by atoms with van der Waals surface area (Å²) in [6.07, 6.45) is 0. The van der Waals surface area contributed by atoms with E-state index in [-0.39, 0.29) is 17.8 Å². The van der Waals surface area contributed by atoms with Crippen molar-refractivity contribution in [3.05, 3.63) is 41.0 Å². The quantitative estimate of drug-likeness (QED) is 0.760. The number of halogens is 1. The number of rotatable bonds is 2. The lowest BCUT2D eigenvalue weighted by Crippen LogP contribution is -2.30. The van der Waals surface area contributed by atoms with Crippen LogP contribution in [0.3, 0.4) is 0 Å². The molecular weight excluding hydrogens is 253 g/mol. The number of Topliss-reactive ketones (excluding diaryl/α,β-unsaturated/α-hetero) is 1. The number of nitrogens with zero attached hydrogens (tertiary/aromatic N) is 3. The fourth-order valence-corrected chi connectivity index (χ4v) is 2.01. The van der Waals surface area contributed by atoms with Gasteiger partial charge in [0.1, 0.15) is 17.2 Å². The number of amides is 1. The fraction of sp³-hybridized carbons (Fsp3) is 0.167. The zero-order chi connectivity index (χ0) is 13.6. The molecule has 0 unspecified atom stereocenters. The van der Waals surface area contributed by atoms with E-state index in [9.17, 15) is 14.0 Å². The van der Waals surface area contributed by atoms with Gasteiger partial charge in [0.15, 0.2) is 0 Å². The number of fused-ring (bicyclic) bond motifs is 1. The van der Waals surface area contributed by atoms with Crippen LogP contribution in [0.2, 0.25) is 0 Å². The number of ketones is 1. The van der Waals surface area contributed by atoms with E-state index in [1.54, 1.807) is 6.92 Å². The third kappa shape index (κ3) is 1.62. The van der Waals surface area contributed by atoms with Crippen LogP contribution in [0.4, 0.5) is 10.1 Å². The van der Waals surface area contributed by atoms with Gasteiger partial charge in [-0.3, -0.25) is 14.5 Å². The summed E-state index contributed by atoms with van der Waals surface area (Å²) in [5.41, 5.74) is 0.932. The van der Waals surface area contributed by atoms with E-state index >= 15 is 0 Å². The molecule has 6 nitrogen and oxygen atoms in total. The minimum absolute atomic E-state index is 0.0140. The Kier molecular flexibility index (Phi) is 2.41. The second kappa shape index (κ2) is 3.98. The van der Waals surface area contributed by atoms with E-state index in [2.05, 4.69) is 14.9 Å². The van der Waals surface area contributed by atoms with Crippen molar-refractivity contribution in [2.24, 2.45) is 0 Å². The summed E-state index contributed by atoms with van der Waals surface area (Å²) >= 11 is 0. The van der Waals surface area contributed by atoms with Crippen molar-refractivity contribution >= 4 is 17.4 Å². The lowest BCUT2D eigenvalue weighted by atomic mass is 10.1. The lowest BCUT2D eigenvalue weighted by Gasteiger charge is -2.15. The number of para-hydroxylation sites is 1. The molecule has 0 aliphatic carbocycles. The molecule has 0 saturated carbocycles. The molecule has 19 heavy (non-hydrogen) atoms. The first-order chi connectivity index (χ1) is 9.09. The van der Waals surface area contributed by atoms with Crippen LogP contribution in [0.5, 0.6) is 0 Å². The van der Waals surface area contributed by atoms with Crippen molar-refractivity contribution in [3.63, 3.8) is 0 Å². The average Bonchev–Trinajstić information content (AvgIpc) is 2.89. The Balaban J connectivity index is 2.07. The highest BCUT2D eigenvalue weighted by molar-refractivity contribution is 6.52. The van der Waals surface area contributed by atoms with E-state index in [1.807, 2.05) is 0 Å². The van der Waals surface area contributed by atoms with Gasteiger partial charge in [0.05, 0.1) is 17.8 Å². The third-order valence-corrected chi connectivity index (χ3v) is 3.00. The molecule has 0 atom stereocenters. The highest BCUT2D eigenvalue weighted by Gasteiger charge is 2.38. The number of carbonyl (C=O) groups excluding carboxylic acids is 2. The van der Waals surface area contributed by atoms with E-state index in [0.717, 1.165) is 4.90 Å². The molecule has 3 rings (SSSR count). The zero-order valence-electron chi connectivity index (χ0n) is 9.88. The summed E-state index contributed by atoms with van der Waals surface area (Å²) in [6, 6.07) is 4.02. The molecule has 0 bridgehead atoms. The van der Waals surface area contributed by atoms with Crippen molar-refractivity contribution < 1.29 is 18.6 Å². The van der Waals surface area contributed by atoms with Gasteiger partial charge < -0.3 is 0 Å². The van der Waals surface area contributed by atoms with Crippen LogP contribution < -0.4 is 4.90 Å². The zero-order valence-corrected chi connectivity index (χ0v) is 9.88. The van der Waals surface area contributed by atoms with Crippen molar-refractivity contribution in [2.45, 2.75) is 13.5 Å². The van der Waals surface area contributed by atoms with Crippen molar-refractivity contribution in [1.29, 1.82) is 0 Å². The van der Waals surface area contributed by atoms with Crippen LogP contribution in [-0.2, 0) is 11.3 Å². The molecule has 0 spiro atoms. The van der Waals surface area contributed by atoms with Crippen LogP contribution in [0, 0.1) is 12.7 Å². The van der Waals surface area contributed by atoms with E-state index < -0.39 is 17.5 Å². The summed E-state index contributed by atoms with van der Waals surface area (Å²) in [4.78, 5) is 24.7. The van der Waals surface area contributed by atoms with Crippen LogP contribution in [0.25, 0.3) is 0 Å². The first-order valence-corrected chi connectivity index (χ1v) is 5.52. The highest BCUT2D eigenvalue weighted by atomic mass is 19.1. The predicted molar refractivity (Wildman–Crippen MR) is 61.0 cm³/mol. The van der Waals surface area contributed by atoms with Gasteiger partial charge in [-0.2, -0.15) is 0 Å². The van der Waals surface area contributed by atoms with E-state index in [1.165, 1.54) is 18.2 Å². The Morgan fingerprint density at radius 2 is 2.11 bits per heavy atom. The monoisotopic (exact) mass is 261 g/mol. The second-order valence-corrected chi connectivity index (χ2v) is 4.15. The van der Waals surface area contributed by atoms with Gasteiger partial charge in [-0.05, 0) is 19.1 Å². The lowest BCUT2D eigenvalue weighted by molar-refractivity contribution is -0.114. The van der Waals surface area contributed by atoms with Crippen LogP contribution in [-0.4, -0.2) is 22.0 Å². The first-order valence-electron chi connectivity index (χ1n) is 5.52. The van der Waals surface area contributed by atoms with E-state index in [4.69, 9.17) is 0 Å². The maximum Gasteiger partial charge on any atom is 0.299 e. The van der Waals surface area contributed by atoms with E-state index in [0.29, 0.717) is 11.4 Å². The second-order valence-electron chi connectivity index (χ2n) is 4.15. The Bertz CT molecular complexity index is 695. The van der Waals surface area contributed by atoms with Crippen LogP contribution >= 0.6 is 0 Å². The molecule has 1 aliphatic rings. The molecule has 0 radical (unpaired) electrons. The Hall–Kier alpha value is -2.57. The fourth-order valence-electron chi connectivity index (χ4n) is 2.01. The molecule has 1 aromatic carbocycles. The number of hydrogen-bond donors (Lipinski definition) is 0. The largest absolute Gasteiger partial charge is 0.299 e. The van der Waals surface area contributed by atoms with Gasteiger partial charge in [0.25, 0.3) is 11.7 Å². The topological polar surface area (TPSA) is 76.3 Å². The minimum Gasteiger partial charge on any atom is -0.296 e. The molecule has 7 heteroatoms. The molecular formula is C12H8FN3O3. The van der Waals surface area contributed by atoms with Crippen molar-refractivity contribution in [3.8, 4) is 0 Å². The standard InChI is InChI=1S/C12H8FN3O3/c1-6-9(15-19-14-6)5-16-10-7(11(17)12(16)18)3-2-4-8(10)13/h2-4H,5H2,1H3. The van der Waals surface area contributed by atoms with Crippen molar-refractivity contribution in [1.82, 2.24) is 10.3 Å². The number of benzene rings is 1. The number of hydrogen-bond acceptors (Lipinski definition) is 5. The molecule has 0 saturated heterocycles. The number of anilines is 1. The predicted octanol–water partition coefficient (Wildman–Crippen LogP) is 1.25. The average molecular weight is 261 g/mol. The molecule has 0 fully saturated rings. The van der Waals surface area contributed by atoms with Crippen molar-refractivity contribution in [2.75, 3.05) is 4.90 Å². The minimum atomic E-state index is -0.775. The van der Waals surface area contributed by atoms with Gasteiger partial charge in [-0.1, -0.05) is 16.4 Å². The van der Waals surface area contributed by atoms with Gasteiger partial charge in [0, 0.05) is 0 Å². The maximum atomic E-state index is 13.8. The van der Waals surface area contributed by atoms with Gasteiger partial charge in [-0.25, -0.2) is 9.02 Å². The molecule has 1 amide bonds. The van der Waals surface area contributed by atoms with Crippen LogP contribution in [0.1, 0.15) is 21.7 Å². The number of aromatic nitrogens is 2. The summed E-state index contributed by atoms with van der Waals surface area (Å²) in [6.45, 7) is 1.60. The smallest absolute Gasteiger partial charge is 0.296 e. The molecule has 1 aromatic heterocycles. The Morgan fingerprint density at radius 3 is 2.79 bits per heavy atom. The van der Waals surface area contributed by atoms with Gasteiger partial charge in [-0.15, -0.1) is 0 Å². The Morgan fingerprint density at radius 1 is 1.32 bits per heavy atom. The molecule has 0 N–H and O–H groups in total.